The fraction of sp³-hybridized carbons (Fsp3) is 0.600. The first kappa shape index (κ1) is 27.7. The Bertz CT molecular complexity index is 925. The quantitative estimate of drug-likeness (QED) is 0.231. The van der Waals surface area contributed by atoms with Gasteiger partial charge in [0.2, 0.25) is 5.91 Å². The normalized spacial score (nSPS) is 20.9. The lowest BCUT2D eigenvalue weighted by atomic mass is 9.67. The molecule has 34 heavy (non-hydrogen) atoms. The van der Waals surface area contributed by atoms with E-state index in [1.807, 2.05) is 18.2 Å². The number of esters is 2. The zero-order valence-electron chi connectivity index (χ0n) is 21.4. The summed E-state index contributed by atoms with van der Waals surface area (Å²) in [7, 11) is -2.23. The molecule has 1 N–H and O–H groups in total. The lowest BCUT2D eigenvalue weighted by Gasteiger charge is -2.49. The molecule has 0 bridgehead atoms. The van der Waals surface area contributed by atoms with Crippen LogP contribution in [0.25, 0.3) is 0 Å². The largest absolute Gasteiger partial charge is 0.460 e. The number of nitrogens with one attached hydrogen (secondary N) is 1. The number of amides is 1. The van der Waals surface area contributed by atoms with Gasteiger partial charge < -0.3 is 19.2 Å². The molecule has 1 aliphatic heterocycles. The van der Waals surface area contributed by atoms with Crippen LogP contribution in [0.5, 0.6) is 0 Å². The average molecular weight is 492 g/mol. The first-order valence-corrected chi connectivity index (χ1v) is 14.4. The van der Waals surface area contributed by atoms with Gasteiger partial charge in [0.25, 0.3) is 0 Å². The van der Waals surface area contributed by atoms with E-state index in [1.54, 1.807) is 19.1 Å². The van der Waals surface area contributed by atoms with E-state index in [0.29, 0.717) is 0 Å². The van der Waals surface area contributed by atoms with Crippen molar-refractivity contribution in [3.8, 4) is 0 Å². The molecule has 1 amide bonds. The molecule has 0 aromatic heterocycles. The van der Waals surface area contributed by atoms with Gasteiger partial charge in [0.05, 0.1) is 18.1 Å². The first-order chi connectivity index (χ1) is 15.6. The number of rotatable bonds is 10. The van der Waals surface area contributed by atoms with Gasteiger partial charge in [-0.1, -0.05) is 51.1 Å². The third-order valence-electron chi connectivity index (χ3n) is 7.00. The first-order valence-electron chi connectivity index (χ1n) is 11.5. The third kappa shape index (κ3) is 5.93. The number of carbonyl (C=O) groups excluding carboxylic acids is 4. The van der Waals surface area contributed by atoms with E-state index in [2.05, 4.69) is 39.2 Å². The van der Waals surface area contributed by atoms with E-state index in [-0.39, 0.29) is 17.6 Å². The monoisotopic (exact) mass is 491 g/mol. The zero-order chi connectivity index (χ0) is 25.9. The maximum Gasteiger partial charge on any atom is 0.321 e. The second-order valence-corrected chi connectivity index (χ2v) is 15.3. The Morgan fingerprint density at radius 3 is 2.15 bits per heavy atom. The second-order valence-electron chi connectivity index (χ2n) is 10.6. The second kappa shape index (κ2) is 10.4. The molecule has 1 aromatic carbocycles. The van der Waals surface area contributed by atoms with Gasteiger partial charge in [-0.2, -0.15) is 0 Å². The molecule has 1 heterocycles. The summed E-state index contributed by atoms with van der Waals surface area (Å²) in [5, 5.41) is 2.64. The summed E-state index contributed by atoms with van der Waals surface area (Å²) < 4.78 is 16.8. The molecular formula is C25H37NO7Si. The summed E-state index contributed by atoms with van der Waals surface area (Å²) >= 11 is 0. The van der Waals surface area contributed by atoms with Crippen LogP contribution in [0, 0.1) is 11.3 Å². The predicted molar refractivity (Wildman–Crippen MR) is 129 cm³/mol. The van der Waals surface area contributed by atoms with E-state index in [4.69, 9.17) is 13.9 Å². The van der Waals surface area contributed by atoms with Gasteiger partial charge in [-0.25, -0.2) is 0 Å². The highest BCUT2D eigenvalue weighted by molar-refractivity contribution is 6.74. The van der Waals surface area contributed by atoms with Gasteiger partial charge in [0, 0.05) is 6.92 Å². The van der Waals surface area contributed by atoms with Crippen LogP contribution in [0.2, 0.25) is 18.1 Å². The van der Waals surface area contributed by atoms with Crippen molar-refractivity contribution in [3.63, 3.8) is 0 Å². The molecule has 1 fully saturated rings. The average Bonchev–Trinajstić information content (AvgIpc) is 2.72. The number of ether oxygens (including phenoxy) is 2. The van der Waals surface area contributed by atoms with Crippen molar-refractivity contribution < 1.29 is 33.1 Å². The molecule has 0 spiro atoms. The van der Waals surface area contributed by atoms with Crippen molar-refractivity contribution in [1.82, 2.24) is 5.32 Å². The Labute approximate surface area is 202 Å². The molecule has 1 saturated heterocycles. The van der Waals surface area contributed by atoms with Gasteiger partial charge >= 0.3 is 11.9 Å². The molecular weight excluding hydrogens is 454 g/mol. The molecule has 4 unspecified atom stereocenters. The van der Waals surface area contributed by atoms with E-state index in [0.717, 1.165) is 5.56 Å². The number of ketones is 1. The van der Waals surface area contributed by atoms with Crippen molar-refractivity contribution >= 4 is 31.9 Å². The lowest BCUT2D eigenvalue weighted by Crippen LogP contribution is -2.72. The summed E-state index contributed by atoms with van der Waals surface area (Å²) in [6, 6.07) is 8.22. The Morgan fingerprint density at radius 1 is 1.06 bits per heavy atom. The van der Waals surface area contributed by atoms with Crippen LogP contribution < -0.4 is 5.32 Å². The topological polar surface area (TPSA) is 108 Å². The summed E-state index contributed by atoms with van der Waals surface area (Å²) in [5.74, 6) is -3.10. The standard InChI is InChI=1S/C25H37NO7Si/c1-16(33-34(7,8)24(3,4)5)20-21(26-22(20)29)25(6,19(28)15-31-17(2)27)23(30)32-14-18-12-10-9-11-13-18/h9-13,16,20-21H,14-15H2,1-8H3,(H,26,29). The van der Waals surface area contributed by atoms with E-state index in [1.165, 1.54) is 13.8 Å². The number of β-lactam (4-membered cyclic amide) rings is 1. The van der Waals surface area contributed by atoms with Crippen LogP contribution in [-0.2, 0) is 39.7 Å². The smallest absolute Gasteiger partial charge is 0.321 e. The Morgan fingerprint density at radius 2 is 1.65 bits per heavy atom. The van der Waals surface area contributed by atoms with Crippen molar-refractivity contribution in [3.05, 3.63) is 35.9 Å². The number of hydrogen-bond acceptors (Lipinski definition) is 7. The maximum absolute atomic E-state index is 13.3. The van der Waals surface area contributed by atoms with Crippen LogP contribution in [0.15, 0.2) is 30.3 Å². The van der Waals surface area contributed by atoms with E-state index >= 15 is 0 Å². The minimum atomic E-state index is -2.23. The molecule has 8 nitrogen and oxygen atoms in total. The van der Waals surface area contributed by atoms with Crippen LogP contribution in [-0.4, -0.2) is 50.7 Å². The fourth-order valence-corrected chi connectivity index (χ4v) is 5.13. The summed E-state index contributed by atoms with van der Waals surface area (Å²) in [6.45, 7) is 14.2. The van der Waals surface area contributed by atoms with E-state index in [9.17, 15) is 19.2 Å². The van der Waals surface area contributed by atoms with Crippen LogP contribution in [0.1, 0.15) is 47.1 Å². The van der Waals surface area contributed by atoms with Gasteiger partial charge in [-0.15, -0.1) is 0 Å². The Balaban J connectivity index is 2.31. The molecule has 9 heteroatoms. The molecule has 0 radical (unpaired) electrons. The highest BCUT2D eigenvalue weighted by atomic mass is 28.4. The number of Topliss-reactive ketones (excluding diaryl/α,β-unsaturated/α-hetero) is 1. The fourth-order valence-electron chi connectivity index (χ4n) is 3.70. The third-order valence-corrected chi connectivity index (χ3v) is 11.6. The van der Waals surface area contributed by atoms with Gasteiger partial charge in [0.15, 0.2) is 20.7 Å². The molecule has 1 aromatic rings. The number of benzene rings is 1. The highest BCUT2D eigenvalue weighted by Crippen LogP contribution is 2.42. The molecule has 188 valence electrons. The molecule has 0 saturated carbocycles. The number of carbonyl (C=O) groups is 4. The minimum absolute atomic E-state index is 0.0303. The highest BCUT2D eigenvalue weighted by Gasteiger charge is 2.61. The maximum atomic E-state index is 13.3. The van der Waals surface area contributed by atoms with E-state index < -0.39 is 56.1 Å². The lowest BCUT2D eigenvalue weighted by molar-refractivity contribution is -0.173. The van der Waals surface area contributed by atoms with Crippen LogP contribution in [0.3, 0.4) is 0 Å². The minimum Gasteiger partial charge on any atom is -0.460 e. The molecule has 4 atom stereocenters. The zero-order valence-corrected chi connectivity index (χ0v) is 22.4. The SMILES string of the molecule is CC(=O)OCC(=O)C(C)(C(=O)OCc1ccccc1)C1NC(=O)C1C(C)O[Si](C)(C)C(C)(C)C. The summed E-state index contributed by atoms with van der Waals surface area (Å²) in [5.41, 5.74) is -0.997. The van der Waals surface area contributed by atoms with Crippen LogP contribution in [0.4, 0.5) is 0 Å². The summed E-state index contributed by atoms with van der Waals surface area (Å²) in [6.07, 6.45) is -0.526. The van der Waals surface area contributed by atoms with Crippen molar-refractivity contribution in [2.45, 2.75) is 78.4 Å². The van der Waals surface area contributed by atoms with Gasteiger partial charge in [0.1, 0.15) is 12.0 Å². The van der Waals surface area contributed by atoms with Crippen molar-refractivity contribution in [1.29, 1.82) is 0 Å². The molecule has 2 rings (SSSR count). The van der Waals surface area contributed by atoms with Crippen LogP contribution >= 0.6 is 0 Å². The molecule has 0 aliphatic carbocycles. The summed E-state index contributed by atoms with van der Waals surface area (Å²) in [4.78, 5) is 50.5. The van der Waals surface area contributed by atoms with Crippen molar-refractivity contribution in [2.24, 2.45) is 11.3 Å². The Kier molecular flexibility index (Phi) is 8.47. The number of hydrogen-bond donors (Lipinski definition) is 1. The van der Waals surface area contributed by atoms with Gasteiger partial charge in [-0.3, -0.25) is 19.2 Å². The predicted octanol–water partition coefficient (Wildman–Crippen LogP) is 3.39. The van der Waals surface area contributed by atoms with Crippen molar-refractivity contribution in [2.75, 3.05) is 6.61 Å². The van der Waals surface area contributed by atoms with Gasteiger partial charge in [-0.05, 0) is 37.5 Å². The Hall–Kier alpha value is -2.52. The molecule has 1 aliphatic rings.